The molecule has 1 aliphatic rings. The summed E-state index contributed by atoms with van der Waals surface area (Å²) in [4.78, 5) is 10.8. The molecule has 0 aromatic heterocycles. The quantitative estimate of drug-likeness (QED) is 0.876. The van der Waals surface area contributed by atoms with E-state index in [4.69, 9.17) is 9.47 Å². The Morgan fingerprint density at radius 3 is 2.94 bits per heavy atom. The van der Waals surface area contributed by atoms with Gasteiger partial charge in [-0.15, -0.1) is 0 Å². The van der Waals surface area contributed by atoms with E-state index in [1.54, 1.807) is 19.1 Å². The first-order valence-electron chi connectivity index (χ1n) is 5.40. The molecule has 17 heavy (non-hydrogen) atoms. The summed E-state index contributed by atoms with van der Waals surface area (Å²) in [7, 11) is 0. The monoisotopic (exact) mass is 239 g/mol. The summed E-state index contributed by atoms with van der Waals surface area (Å²) in [6.07, 6.45) is -0.817. The molecule has 1 fully saturated rings. The molecule has 0 spiro atoms. The molecule has 0 saturated carbocycles. The van der Waals surface area contributed by atoms with Gasteiger partial charge in [-0.05, 0) is 31.0 Å². The van der Waals surface area contributed by atoms with Gasteiger partial charge in [-0.2, -0.15) is 0 Å². The van der Waals surface area contributed by atoms with Crippen molar-refractivity contribution in [3.63, 3.8) is 0 Å². The third kappa shape index (κ3) is 2.67. The molecule has 1 atom stereocenters. The number of carbonyl (C=O) groups excluding carboxylic acids is 1. The van der Waals surface area contributed by atoms with Crippen LogP contribution in [-0.4, -0.2) is 25.3 Å². The Kier molecular flexibility index (Phi) is 3.17. The van der Waals surface area contributed by atoms with Gasteiger partial charge in [0, 0.05) is 0 Å². The molecule has 1 saturated heterocycles. The number of cyclic esters (lactones) is 1. The lowest BCUT2D eigenvalue weighted by Gasteiger charge is -2.12. The van der Waals surface area contributed by atoms with Gasteiger partial charge in [0.2, 0.25) is 0 Å². The van der Waals surface area contributed by atoms with E-state index >= 15 is 0 Å². The Labute approximate surface area is 98.7 Å². The summed E-state index contributed by atoms with van der Waals surface area (Å²) in [5.74, 6) is -0.168. The van der Waals surface area contributed by atoms with E-state index in [9.17, 15) is 9.18 Å². The van der Waals surface area contributed by atoms with Crippen molar-refractivity contribution in [3.8, 4) is 5.75 Å². The number of amides is 1. The van der Waals surface area contributed by atoms with Gasteiger partial charge >= 0.3 is 6.09 Å². The predicted molar refractivity (Wildman–Crippen MR) is 59.6 cm³/mol. The summed E-state index contributed by atoms with van der Waals surface area (Å²) in [5.41, 5.74) is 1.47. The maximum absolute atomic E-state index is 13.7. The standard InChI is InChI=1S/C12H14FNO3/c1-7-3-8(2)11(13)10(4-7)16-6-9-5-14-12(15)17-9/h3-4,9H,5-6H2,1-2H3,(H,14,15). The molecule has 0 bridgehead atoms. The van der Waals surface area contributed by atoms with E-state index in [2.05, 4.69) is 5.32 Å². The first-order chi connectivity index (χ1) is 8.06. The fraction of sp³-hybridized carbons (Fsp3) is 0.417. The minimum Gasteiger partial charge on any atom is -0.487 e. The Bertz CT molecular complexity index is 448. The van der Waals surface area contributed by atoms with Crippen LogP contribution in [0.2, 0.25) is 0 Å². The number of carbonyl (C=O) groups is 1. The van der Waals surface area contributed by atoms with E-state index < -0.39 is 6.09 Å². The normalized spacial score (nSPS) is 18.8. The number of benzene rings is 1. The molecule has 1 aromatic rings. The molecule has 0 aliphatic carbocycles. The minimum atomic E-state index is -0.459. The molecule has 1 N–H and O–H groups in total. The van der Waals surface area contributed by atoms with Crippen molar-refractivity contribution in [3.05, 3.63) is 29.1 Å². The second-order valence-corrected chi connectivity index (χ2v) is 4.11. The molecule has 2 rings (SSSR count). The van der Waals surface area contributed by atoms with Crippen LogP contribution in [0.15, 0.2) is 12.1 Å². The minimum absolute atomic E-state index is 0.151. The molecule has 5 heteroatoms. The van der Waals surface area contributed by atoms with Crippen LogP contribution in [0.4, 0.5) is 9.18 Å². The summed E-state index contributed by atoms with van der Waals surface area (Å²) < 4.78 is 23.9. The average molecular weight is 239 g/mol. The van der Waals surface area contributed by atoms with Gasteiger partial charge < -0.3 is 14.8 Å². The average Bonchev–Trinajstić information content (AvgIpc) is 2.67. The topological polar surface area (TPSA) is 47.6 Å². The maximum atomic E-state index is 13.7. The lowest BCUT2D eigenvalue weighted by Crippen LogP contribution is -2.22. The third-order valence-electron chi connectivity index (χ3n) is 2.54. The number of halogens is 1. The van der Waals surface area contributed by atoms with Gasteiger partial charge in [0.05, 0.1) is 6.54 Å². The van der Waals surface area contributed by atoms with E-state index in [1.165, 1.54) is 0 Å². The molecule has 1 heterocycles. The maximum Gasteiger partial charge on any atom is 0.407 e. The largest absolute Gasteiger partial charge is 0.487 e. The van der Waals surface area contributed by atoms with Gasteiger partial charge in [-0.25, -0.2) is 9.18 Å². The van der Waals surface area contributed by atoms with E-state index in [0.717, 1.165) is 5.56 Å². The van der Waals surface area contributed by atoms with Crippen LogP contribution in [-0.2, 0) is 4.74 Å². The van der Waals surface area contributed by atoms with Gasteiger partial charge in [-0.3, -0.25) is 0 Å². The zero-order valence-electron chi connectivity index (χ0n) is 9.75. The molecule has 1 amide bonds. The number of ether oxygens (including phenoxy) is 2. The highest BCUT2D eigenvalue weighted by atomic mass is 19.1. The molecule has 0 radical (unpaired) electrons. The highest BCUT2D eigenvalue weighted by molar-refractivity contribution is 5.69. The highest BCUT2D eigenvalue weighted by Crippen LogP contribution is 2.22. The summed E-state index contributed by atoms with van der Waals surface area (Å²) in [6, 6.07) is 3.38. The Morgan fingerprint density at radius 1 is 1.53 bits per heavy atom. The van der Waals surface area contributed by atoms with Crippen LogP contribution in [0.5, 0.6) is 5.75 Å². The van der Waals surface area contributed by atoms with Crippen molar-refractivity contribution in [1.82, 2.24) is 5.32 Å². The Morgan fingerprint density at radius 2 is 2.29 bits per heavy atom. The molecule has 1 unspecified atom stereocenters. The Hall–Kier alpha value is -1.78. The molecular formula is C12H14FNO3. The van der Waals surface area contributed by atoms with Crippen molar-refractivity contribution >= 4 is 6.09 Å². The summed E-state index contributed by atoms with van der Waals surface area (Å²) in [6.45, 7) is 4.10. The second kappa shape index (κ2) is 4.61. The van der Waals surface area contributed by atoms with Crippen LogP contribution in [0, 0.1) is 19.7 Å². The molecule has 92 valence electrons. The second-order valence-electron chi connectivity index (χ2n) is 4.11. The molecule has 1 aliphatic heterocycles. The zero-order valence-corrected chi connectivity index (χ0v) is 9.75. The van der Waals surface area contributed by atoms with Gasteiger partial charge in [-0.1, -0.05) is 6.07 Å². The number of aryl methyl sites for hydroxylation is 2. The SMILES string of the molecule is Cc1cc(C)c(F)c(OCC2CNC(=O)O2)c1. The Balaban J connectivity index is 2.01. The van der Waals surface area contributed by atoms with Gasteiger partial charge in [0.15, 0.2) is 17.7 Å². The number of alkyl carbamates (subject to hydrolysis) is 1. The summed E-state index contributed by atoms with van der Waals surface area (Å²) >= 11 is 0. The van der Waals surface area contributed by atoms with Crippen molar-refractivity contribution in [2.75, 3.05) is 13.2 Å². The first kappa shape index (κ1) is 11.7. The lowest BCUT2D eigenvalue weighted by atomic mass is 10.1. The lowest BCUT2D eigenvalue weighted by molar-refractivity contribution is 0.103. The van der Waals surface area contributed by atoms with Crippen LogP contribution in [0.1, 0.15) is 11.1 Å². The van der Waals surface area contributed by atoms with Crippen LogP contribution < -0.4 is 10.1 Å². The fourth-order valence-electron chi connectivity index (χ4n) is 1.72. The first-order valence-corrected chi connectivity index (χ1v) is 5.40. The number of hydrogen-bond donors (Lipinski definition) is 1. The van der Waals surface area contributed by atoms with Crippen LogP contribution >= 0.6 is 0 Å². The molecule has 1 aromatic carbocycles. The van der Waals surface area contributed by atoms with Crippen molar-refractivity contribution in [1.29, 1.82) is 0 Å². The smallest absolute Gasteiger partial charge is 0.407 e. The van der Waals surface area contributed by atoms with Crippen molar-refractivity contribution in [2.24, 2.45) is 0 Å². The molecule has 4 nitrogen and oxygen atoms in total. The van der Waals surface area contributed by atoms with Crippen LogP contribution in [0.3, 0.4) is 0 Å². The number of rotatable bonds is 3. The number of nitrogens with one attached hydrogen (secondary N) is 1. The van der Waals surface area contributed by atoms with E-state index in [0.29, 0.717) is 12.1 Å². The number of hydrogen-bond acceptors (Lipinski definition) is 3. The van der Waals surface area contributed by atoms with Crippen molar-refractivity contribution < 1.29 is 18.7 Å². The predicted octanol–water partition coefficient (Wildman–Crippen LogP) is 1.93. The van der Waals surface area contributed by atoms with Crippen molar-refractivity contribution in [2.45, 2.75) is 20.0 Å². The van der Waals surface area contributed by atoms with E-state index in [1.807, 2.05) is 6.92 Å². The molecular weight excluding hydrogens is 225 g/mol. The van der Waals surface area contributed by atoms with E-state index in [-0.39, 0.29) is 24.3 Å². The zero-order chi connectivity index (χ0) is 12.4. The highest BCUT2D eigenvalue weighted by Gasteiger charge is 2.23. The fourth-order valence-corrected chi connectivity index (χ4v) is 1.72. The van der Waals surface area contributed by atoms with Crippen LogP contribution in [0.25, 0.3) is 0 Å². The summed E-state index contributed by atoms with van der Waals surface area (Å²) in [5, 5.41) is 2.51. The van der Waals surface area contributed by atoms with Gasteiger partial charge in [0.25, 0.3) is 0 Å². The third-order valence-corrected chi connectivity index (χ3v) is 2.54. The van der Waals surface area contributed by atoms with Gasteiger partial charge in [0.1, 0.15) is 6.61 Å².